The first-order valence-corrected chi connectivity index (χ1v) is 6.42. The molecule has 1 amide bonds. The summed E-state index contributed by atoms with van der Waals surface area (Å²) in [6.07, 6.45) is 2.99. The van der Waals surface area contributed by atoms with Gasteiger partial charge in [-0.15, -0.1) is 0 Å². The molecule has 0 radical (unpaired) electrons. The smallest absolute Gasteiger partial charge is 0.258 e. The Morgan fingerprint density at radius 3 is 2.89 bits per heavy atom. The van der Waals surface area contributed by atoms with Gasteiger partial charge in [-0.2, -0.15) is 0 Å². The minimum atomic E-state index is -0.278. The number of benzene rings is 1. The third-order valence-electron chi connectivity index (χ3n) is 2.38. The zero-order valence-corrected chi connectivity index (χ0v) is 11.9. The number of rotatable bonds is 2. The third kappa shape index (κ3) is 2.89. The summed E-state index contributed by atoms with van der Waals surface area (Å²) < 4.78 is 0.821. The number of hydrogen-bond donors (Lipinski definition) is 1. The molecule has 0 aliphatic carbocycles. The molecule has 0 aliphatic rings. The molecule has 0 fully saturated rings. The summed E-state index contributed by atoms with van der Waals surface area (Å²) in [7, 11) is 0. The standard InChI is InChI=1S/C13H10BrClN2O/c1-8-2-3-10(14)12(6-8)17-13(18)9-7-16-5-4-11(9)15/h2-7H,1H3,(H,17,18). The van der Waals surface area contributed by atoms with E-state index in [4.69, 9.17) is 11.6 Å². The van der Waals surface area contributed by atoms with Gasteiger partial charge in [0.1, 0.15) is 0 Å². The molecule has 18 heavy (non-hydrogen) atoms. The lowest BCUT2D eigenvalue weighted by Gasteiger charge is -2.09. The second-order valence-electron chi connectivity index (χ2n) is 3.79. The molecular weight excluding hydrogens is 316 g/mol. The van der Waals surface area contributed by atoms with Crippen LogP contribution < -0.4 is 5.32 Å². The van der Waals surface area contributed by atoms with E-state index in [1.807, 2.05) is 25.1 Å². The van der Waals surface area contributed by atoms with Crippen molar-refractivity contribution >= 4 is 39.1 Å². The minimum Gasteiger partial charge on any atom is -0.321 e. The number of nitrogens with one attached hydrogen (secondary N) is 1. The Balaban J connectivity index is 2.27. The lowest BCUT2D eigenvalue weighted by Crippen LogP contribution is -2.13. The highest BCUT2D eigenvalue weighted by Crippen LogP contribution is 2.24. The van der Waals surface area contributed by atoms with E-state index in [0.29, 0.717) is 16.3 Å². The molecule has 0 aliphatic heterocycles. The van der Waals surface area contributed by atoms with E-state index in [9.17, 15) is 4.79 Å². The maximum Gasteiger partial charge on any atom is 0.258 e. The van der Waals surface area contributed by atoms with Gasteiger partial charge in [-0.05, 0) is 46.6 Å². The van der Waals surface area contributed by atoms with Gasteiger partial charge in [-0.1, -0.05) is 17.7 Å². The molecular formula is C13H10BrClN2O. The van der Waals surface area contributed by atoms with Gasteiger partial charge in [0.05, 0.1) is 16.3 Å². The minimum absolute atomic E-state index is 0.278. The average molecular weight is 326 g/mol. The van der Waals surface area contributed by atoms with Gasteiger partial charge >= 0.3 is 0 Å². The van der Waals surface area contributed by atoms with Crippen molar-refractivity contribution in [1.29, 1.82) is 0 Å². The fraction of sp³-hybridized carbons (Fsp3) is 0.0769. The van der Waals surface area contributed by atoms with Crippen molar-refractivity contribution in [3.8, 4) is 0 Å². The number of pyridine rings is 1. The Morgan fingerprint density at radius 2 is 2.17 bits per heavy atom. The summed E-state index contributed by atoms with van der Waals surface area (Å²) in [5.74, 6) is -0.278. The predicted molar refractivity (Wildman–Crippen MR) is 76.1 cm³/mol. The maximum atomic E-state index is 12.0. The van der Waals surface area contributed by atoms with E-state index in [2.05, 4.69) is 26.2 Å². The second-order valence-corrected chi connectivity index (χ2v) is 5.05. The highest BCUT2D eigenvalue weighted by atomic mass is 79.9. The van der Waals surface area contributed by atoms with Gasteiger partial charge in [-0.3, -0.25) is 9.78 Å². The van der Waals surface area contributed by atoms with Crippen LogP contribution in [-0.4, -0.2) is 10.9 Å². The molecule has 5 heteroatoms. The summed E-state index contributed by atoms with van der Waals surface area (Å²) >= 11 is 9.33. The van der Waals surface area contributed by atoms with E-state index >= 15 is 0 Å². The molecule has 0 atom stereocenters. The molecule has 0 bridgehead atoms. The van der Waals surface area contributed by atoms with Crippen molar-refractivity contribution in [2.75, 3.05) is 5.32 Å². The molecule has 0 saturated heterocycles. The Labute approximate surface area is 118 Å². The van der Waals surface area contributed by atoms with Crippen molar-refractivity contribution in [2.45, 2.75) is 6.92 Å². The maximum absolute atomic E-state index is 12.0. The third-order valence-corrected chi connectivity index (χ3v) is 3.40. The molecule has 92 valence electrons. The molecule has 1 aromatic heterocycles. The van der Waals surface area contributed by atoms with Crippen molar-refractivity contribution in [1.82, 2.24) is 4.98 Å². The van der Waals surface area contributed by atoms with Crippen molar-refractivity contribution < 1.29 is 4.79 Å². The number of amides is 1. The summed E-state index contributed by atoms with van der Waals surface area (Å²) in [4.78, 5) is 15.9. The molecule has 1 heterocycles. The molecule has 2 rings (SSSR count). The van der Waals surface area contributed by atoms with E-state index in [1.54, 1.807) is 12.3 Å². The van der Waals surface area contributed by atoms with Gasteiger partial charge in [0.15, 0.2) is 0 Å². The van der Waals surface area contributed by atoms with Crippen LogP contribution in [0.4, 0.5) is 5.69 Å². The zero-order chi connectivity index (χ0) is 13.1. The van der Waals surface area contributed by atoms with Crippen molar-refractivity contribution in [2.24, 2.45) is 0 Å². The van der Waals surface area contributed by atoms with E-state index in [1.165, 1.54) is 6.20 Å². The fourth-order valence-electron chi connectivity index (χ4n) is 1.47. The predicted octanol–water partition coefficient (Wildman–Crippen LogP) is 4.06. The first-order valence-electron chi connectivity index (χ1n) is 5.25. The summed E-state index contributed by atoms with van der Waals surface area (Å²) in [5, 5.41) is 3.18. The first kappa shape index (κ1) is 13.1. The summed E-state index contributed by atoms with van der Waals surface area (Å²) in [6, 6.07) is 7.31. The van der Waals surface area contributed by atoms with Crippen LogP contribution in [0.3, 0.4) is 0 Å². The monoisotopic (exact) mass is 324 g/mol. The number of carbonyl (C=O) groups is 1. The Hall–Kier alpha value is -1.39. The average Bonchev–Trinajstić information content (AvgIpc) is 2.34. The van der Waals surface area contributed by atoms with Crippen LogP contribution in [0.1, 0.15) is 15.9 Å². The lowest BCUT2D eigenvalue weighted by molar-refractivity contribution is 0.102. The second kappa shape index (κ2) is 5.50. The summed E-state index contributed by atoms with van der Waals surface area (Å²) in [5.41, 5.74) is 2.12. The van der Waals surface area contributed by atoms with Crippen LogP contribution in [0.25, 0.3) is 0 Å². The van der Waals surface area contributed by atoms with Gasteiger partial charge in [-0.25, -0.2) is 0 Å². The molecule has 3 nitrogen and oxygen atoms in total. The molecule has 1 N–H and O–H groups in total. The molecule has 0 spiro atoms. The number of carbonyl (C=O) groups excluding carboxylic acids is 1. The normalized spacial score (nSPS) is 10.2. The van der Waals surface area contributed by atoms with Crippen LogP contribution in [-0.2, 0) is 0 Å². The van der Waals surface area contributed by atoms with Crippen LogP contribution in [0.2, 0.25) is 5.02 Å². The lowest BCUT2D eigenvalue weighted by atomic mass is 10.2. The van der Waals surface area contributed by atoms with E-state index < -0.39 is 0 Å². The zero-order valence-electron chi connectivity index (χ0n) is 9.58. The van der Waals surface area contributed by atoms with Crippen LogP contribution in [0.5, 0.6) is 0 Å². The number of aryl methyl sites for hydroxylation is 1. The Bertz CT molecular complexity index is 601. The van der Waals surface area contributed by atoms with Crippen LogP contribution in [0.15, 0.2) is 41.1 Å². The quantitative estimate of drug-likeness (QED) is 0.905. The van der Waals surface area contributed by atoms with Gasteiger partial charge in [0.2, 0.25) is 0 Å². The largest absolute Gasteiger partial charge is 0.321 e. The Kier molecular flexibility index (Phi) is 3.99. The molecule has 1 aromatic carbocycles. The number of aromatic nitrogens is 1. The number of nitrogens with zero attached hydrogens (tertiary/aromatic N) is 1. The number of hydrogen-bond acceptors (Lipinski definition) is 2. The molecule has 0 unspecified atom stereocenters. The topological polar surface area (TPSA) is 42.0 Å². The van der Waals surface area contributed by atoms with E-state index in [0.717, 1.165) is 10.0 Å². The van der Waals surface area contributed by atoms with Crippen LogP contribution >= 0.6 is 27.5 Å². The van der Waals surface area contributed by atoms with Gasteiger partial charge in [0, 0.05) is 16.9 Å². The summed E-state index contributed by atoms with van der Waals surface area (Å²) in [6.45, 7) is 1.96. The van der Waals surface area contributed by atoms with Gasteiger partial charge < -0.3 is 5.32 Å². The number of anilines is 1. The molecule has 0 saturated carbocycles. The van der Waals surface area contributed by atoms with Crippen molar-refractivity contribution in [3.63, 3.8) is 0 Å². The van der Waals surface area contributed by atoms with Crippen LogP contribution in [0, 0.1) is 6.92 Å². The first-order chi connectivity index (χ1) is 8.58. The molecule has 2 aromatic rings. The van der Waals surface area contributed by atoms with Crippen molar-refractivity contribution in [3.05, 3.63) is 57.3 Å². The highest BCUT2D eigenvalue weighted by Gasteiger charge is 2.11. The van der Waals surface area contributed by atoms with Gasteiger partial charge in [0.25, 0.3) is 5.91 Å². The SMILES string of the molecule is Cc1ccc(Br)c(NC(=O)c2cnccc2Cl)c1. The van der Waals surface area contributed by atoms with E-state index in [-0.39, 0.29) is 5.91 Å². The highest BCUT2D eigenvalue weighted by molar-refractivity contribution is 9.10. The number of halogens is 2. The fourth-order valence-corrected chi connectivity index (χ4v) is 2.01. The Morgan fingerprint density at radius 1 is 1.39 bits per heavy atom.